The first kappa shape index (κ1) is 14.9. The van der Waals surface area contributed by atoms with Gasteiger partial charge < -0.3 is 10.1 Å². The SMILES string of the molecule is [CH2]c1cccc(Nc2ncnc(-c3ccc(F)cc3OC)n2)c1. The molecule has 1 aromatic heterocycles. The summed E-state index contributed by atoms with van der Waals surface area (Å²) in [5.74, 6) is 0.754. The molecule has 1 radical (unpaired) electrons. The number of aromatic nitrogens is 3. The van der Waals surface area contributed by atoms with Crippen molar-refractivity contribution in [2.24, 2.45) is 0 Å². The van der Waals surface area contributed by atoms with Crippen LogP contribution in [0.5, 0.6) is 5.75 Å². The van der Waals surface area contributed by atoms with Gasteiger partial charge in [0.05, 0.1) is 12.7 Å². The van der Waals surface area contributed by atoms with Gasteiger partial charge in [-0.1, -0.05) is 12.1 Å². The molecule has 0 aliphatic heterocycles. The van der Waals surface area contributed by atoms with Gasteiger partial charge in [-0.05, 0) is 36.8 Å². The molecule has 0 atom stereocenters. The zero-order chi connectivity index (χ0) is 16.2. The number of benzene rings is 2. The van der Waals surface area contributed by atoms with Crippen molar-refractivity contribution < 1.29 is 9.13 Å². The average molecular weight is 309 g/mol. The van der Waals surface area contributed by atoms with Gasteiger partial charge >= 0.3 is 0 Å². The van der Waals surface area contributed by atoms with Gasteiger partial charge in [0.25, 0.3) is 0 Å². The van der Waals surface area contributed by atoms with Crippen LogP contribution < -0.4 is 10.1 Å². The van der Waals surface area contributed by atoms with Crippen LogP contribution in [0.4, 0.5) is 16.0 Å². The molecule has 0 aliphatic rings. The molecule has 3 rings (SSSR count). The maximum atomic E-state index is 13.3. The second-order valence-corrected chi connectivity index (χ2v) is 4.80. The van der Waals surface area contributed by atoms with Crippen molar-refractivity contribution in [2.45, 2.75) is 0 Å². The van der Waals surface area contributed by atoms with E-state index in [9.17, 15) is 4.39 Å². The van der Waals surface area contributed by atoms with Crippen LogP contribution >= 0.6 is 0 Å². The number of methoxy groups -OCH3 is 1. The van der Waals surface area contributed by atoms with E-state index in [1.54, 1.807) is 6.07 Å². The summed E-state index contributed by atoms with van der Waals surface area (Å²) in [5, 5.41) is 3.09. The van der Waals surface area contributed by atoms with Crippen molar-refractivity contribution in [2.75, 3.05) is 12.4 Å². The van der Waals surface area contributed by atoms with Crippen LogP contribution in [0.2, 0.25) is 0 Å². The summed E-state index contributed by atoms with van der Waals surface area (Å²) < 4.78 is 18.5. The zero-order valence-corrected chi connectivity index (χ0v) is 12.5. The number of nitrogens with zero attached hydrogens (tertiary/aromatic N) is 3. The molecule has 6 heteroatoms. The molecule has 0 aliphatic carbocycles. The largest absolute Gasteiger partial charge is 0.496 e. The van der Waals surface area contributed by atoms with Crippen molar-refractivity contribution in [3.63, 3.8) is 0 Å². The van der Waals surface area contributed by atoms with Crippen molar-refractivity contribution in [3.8, 4) is 17.1 Å². The first-order chi connectivity index (χ1) is 11.2. The summed E-state index contributed by atoms with van der Waals surface area (Å²) in [6, 6.07) is 11.7. The molecular formula is C17H14FN4O. The van der Waals surface area contributed by atoms with E-state index in [0.717, 1.165) is 11.3 Å². The fraction of sp³-hybridized carbons (Fsp3) is 0.0588. The molecule has 0 saturated heterocycles. The van der Waals surface area contributed by atoms with E-state index in [4.69, 9.17) is 4.74 Å². The number of rotatable bonds is 4. The van der Waals surface area contributed by atoms with Gasteiger partial charge in [0, 0.05) is 11.8 Å². The van der Waals surface area contributed by atoms with Crippen LogP contribution in [0.3, 0.4) is 0 Å². The molecule has 2 aromatic carbocycles. The molecule has 1 N–H and O–H groups in total. The zero-order valence-electron chi connectivity index (χ0n) is 12.5. The molecule has 0 fully saturated rings. The van der Waals surface area contributed by atoms with Crippen LogP contribution in [0.1, 0.15) is 5.56 Å². The quantitative estimate of drug-likeness (QED) is 0.797. The van der Waals surface area contributed by atoms with Crippen molar-refractivity contribution >= 4 is 11.6 Å². The number of hydrogen-bond acceptors (Lipinski definition) is 5. The molecular weight excluding hydrogens is 295 g/mol. The maximum absolute atomic E-state index is 13.3. The molecule has 1 heterocycles. The first-order valence-electron chi connectivity index (χ1n) is 6.88. The molecule has 0 saturated carbocycles. The summed E-state index contributed by atoms with van der Waals surface area (Å²) in [7, 11) is 1.47. The predicted octanol–water partition coefficient (Wildman–Crippen LogP) is 3.61. The lowest BCUT2D eigenvalue weighted by Crippen LogP contribution is -2.01. The van der Waals surface area contributed by atoms with Crippen LogP contribution in [-0.2, 0) is 0 Å². The van der Waals surface area contributed by atoms with Crippen LogP contribution in [0.25, 0.3) is 11.4 Å². The second-order valence-electron chi connectivity index (χ2n) is 4.80. The highest BCUT2D eigenvalue weighted by molar-refractivity contribution is 5.65. The Balaban J connectivity index is 1.94. The van der Waals surface area contributed by atoms with E-state index >= 15 is 0 Å². The third-order valence-corrected chi connectivity index (χ3v) is 3.16. The first-order valence-corrected chi connectivity index (χ1v) is 6.88. The van der Waals surface area contributed by atoms with Crippen molar-refractivity contribution in [3.05, 3.63) is 67.1 Å². The fourth-order valence-electron chi connectivity index (χ4n) is 2.11. The number of ether oxygens (including phenoxy) is 1. The van der Waals surface area contributed by atoms with Gasteiger partial charge in [0.2, 0.25) is 5.95 Å². The third kappa shape index (κ3) is 3.42. The fourth-order valence-corrected chi connectivity index (χ4v) is 2.11. The molecule has 0 amide bonds. The minimum absolute atomic E-state index is 0.363. The lowest BCUT2D eigenvalue weighted by molar-refractivity contribution is 0.412. The Morgan fingerprint density at radius 3 is 2.78 bits per heavy atom. The Hall–Kier alpha value is -3.02. The summed E-state index contributed by atoms with van der Waals surface area (Å²) in [5.41, 5.74) is 2.29. The van der Waals surface area contributed by atoms with E-state index in [1.165, 1.54) is 25.6 Å². The minimum atomic E-state index is -0.384. The lowest BCUT2D eigenvalue weighted by atomic mass is 10.2. The predicted molar refractivity (Wildman–Crippen MR) is 86.0 cm³/mol. The standard InChI is InChI=1S/C17H14FN4O/c1-11-4-3-5-13(8-11)21-17-20-10-19-16(22-17)14-7-6-12(18)9-15(14)23-2/h3-10H,1H2,2H3,(H,19,20,21,22). The highest BCUT2D eigenvalue weighted by Crippen LogP contribution is 2.28. The van der Waals surface area contributed by atoms with E-state index in [2.05, 4.69) is 27.2 Å². The molecule has 0 bridgehead atoms. The van der Waals surface area contributed by atoms with Gasteiger partial charge in [-0.3, -0.25) is 0 Å². The minimum Gasteiger partial charge on any atom is -0.496 e. The van der Waals surface area contributed by atoms with Gasteiger partial charge in [-0.15, -0.1) is 0 Å². The van der Waals surface area contributed by atoms with Gasteiger partial charge in [0.1, 0.15) is 17.9 Å². The smallest absolute Gasteiger partial charge is 0.230 e. The lowest BCUT2D eigenvalue weighted by Gasteiger charge is -2.09. The Morgan fingerprint density at radius 2 is 2.00 bits per heavy atom. The molecule has 3 aromatic rings. The summed E-state index contributed by atoms with van der Waals surface area (Å²) in [4.78, 5) is 12.6. The molecule has 23 heavy (non-hydrogen) atoms. The summed E-state index contributed by atoms with van der Waals surface area (Å²) in [6.07, 6.45) is 1.39. The number of nitrogens with one attached hydrogen (secondary N) is 1. The monoisotopic (exact) mass is 309 g/mol. The number of hydrogen-bond donors (Lipinski definition) is 1. The highest BCUT2D eigenvalue weighted by atomic mass is 19.1. The molecule has 5 nitrogen and oxygen atoms in total. The van der Waals surface area contributed by atoms with Gasteiger partial charge in [-0.2, -0.15) is 4.98 Å². The summed E-state index contributed by atoms with van der Waals surface area (Å²) >= 11 is 0. The Kier molecular flexibility index (Phi) is 4.14. The Bertz CT molecular complexity index is 838. The van der Waals surface area contributed by atoms with Crippen LogP contribution in [-0.4, -0.2) is 22.1 Å². The second kappa shape index (κ2) is 6.39. The molecule has 115 valence electrons. The van der Waals surface area contributed by atoms with Gasteiger partial charge in [0.15, 0.2) is 5.82 Å². The maximum Gasteiger partial charge on any atom is 0.230 e. The van der Waals surface area contributed by atoms with E-state index in [0.29, 0.717) is 23.1 Å². The number of anilines is 2. The van der Waals surface area contributed by atoms with Crippen LogP contribution in [0.15, 0.2) is 48.8 Å². The van der Waals surface area contributed by atoms with E-state index < -0.39 is 0 Å². The van der Waals surface area contributed by atoms with Crippen LogP contribution in [0, 0.1) is 12.7 Å². The topological polar surface area (TPSA) is 59.9 Å². The Labute approximate surface area is 133 Å². The normalized spacial score (nSPS) is 10.4. The van der Waals surface area contributed by atoms with E-state index in [-0.39, 0.29) is 5.82 Å². The molecule has 0 spiro atoms. The van der Waals surface area contributed by atoms with Crippen molar-refractivity contribution in [1.82, 2.24) is 15.0 Å². The average Bonchev–Trinajstić information content (AvgIpc) is 2.55. The van der Waals surface area contributed by atoms with E-state index in [1.807, 2.05) is 24.3 Å². The highest BCUT2D eigenvalue weighted by Gasteiger charge is 2.11. The Morgan fingerprint density at radius 1 is 1.13 bits per heavy atom. The summed E-state index contributed by atoms with van der Waals surface area (Å²) in [6.45, 7) is 3.87. The number of halogens is 1. The van der Waals surface area contributed by atoms with Crippen molar-refractivity contribution in [1.29, 1.82) is 0 Å². The third-order valence-electron chi connectivity index (χ3n) is 3.16. The van der Waals surface area contributed by atoms with Gasteiger partial charge in [-0.25, -0.2) is 14.4 Å². The molecule has 0 unspecified atom stereocenters.